The number of likely N-dealkylation sites (N-methyl/N-ethyl adjacent to an activating group) is 1. The van der Waals surface area contributed by atoms with Crippen molar-refractivity contribution in [2.24, 2.45) is 5.92 Å². The van der Waals surface area contributed by atoms with E-state index in [-0.39, 0.29) is 36.8 Å². The second-order valence-corrected chi connectivity index (χ2v) is 7.62. The summed E-state index contributed by atoms with van der Waals surface area (Å²) in [4.78, 5) is 14.6. The first-order valence-corrected chi connectivity index (χ1v) is 9.52. The van der Waals surface area contributed by atoms with Crippen LogP contribution in [0.5, 0.6) is 5.75 Å². The van der Waals surface area contributed by atoms with Gasteiger partial charge in [-0.2, -0.15) is 0 Å². The Hall–Kier alpha value is -1.01. The second-order valence-electron chi connectivity index (χ2n) is 7.62. The van der Waals surface area contributed by atoms with E-state index < -0.39 is 0 Å². The quantitative estimate of drug-likeness (QED) is 0.715. The molecular formula is C20H33Cl2N3O2. The zero-order valence-electron chi connectivity index (χ0n) is 16.3. The minimum atomic E-state index is -0.0207. The van der Waals surface area contributed by atoms with Crippen molar-refractivity contribution in [3.05, 3.63) is 29.8 Å². The molecule has 1 aromatic rings. The number of hydrogen-bond donors (Lipinski definition) is 2. The number of benzene rings is 1. The van der Waals surface area contributed by atoms with E-state index in [0.717, 1.165) is 24.3 Å². The molecular weight excluding hydrogens is 385 g/mol. The molecule has 0 aromatic heterocycles. The lowest BCUT2D eigenvalue weighted by Gasteiger charge is -2.24. The van der Waals surface area contributed by atoms with Crippen molar-refractivity contribution in [3.8, 4) is 5.75 Å². The van der Waals surface area contributed by atoms with Crippen molar-refractivity contribution in [3.63, 3.8) is 0 Å². The van der Waals surface area contributed by atoms with Crippen molar-refractivity contribution in [2.75, 3.05) is 27.2 Å². The van der Waals surface area contributed by atoms with Crippen molar-refractivity contribution in [2.45, 2.75) is 50.7 Å². The van der Waals surface area contributed by atoms with Gasteiger partial charge in [0.15, 0.2) is 0 Å². The van der Waals surface area contributed by atoms with Gasteiger partial charge < -0.3 is 20.3 Å². The lowest BCUT2D eigenvalue weighted by molar-refractivity contribution is -0.123. The Morgan fingerprint density at radius 2 is 2.04 bits per heavy atom. The maximum absolute atomic E-state index is 12.5. The molecule has 2 N–H and O–H groups in total. The molecule has 0 radical (unpaired) electrons. The topological polar surface area (TPSA) is 53.6 Å². The molecule has 3 unspecified atom stereocenters. The van der Waals surface area contributed by atoms with Crippen LogP contribution in [0.4, 0.5) is 0 Å². The molecule has 1 aromatic carbocycles. The molecule has 1 aliphatic heterocycles. The van der Waals surface area contributed by atoms with E-state index in [0.29, 0.717) is 25.1 Å². The van der Waals surface area contributed by atoms with Crippen molar-refractivity contribution < 1.29 is 9.53 Å². The summed E-state index contributed by atoms with van der Waals surface area (Å²) in [5, 5.41) is 6.62. The summed E-state index contributed by atoms with van der Waals surface area (Å²) in [5.74, 6) is 1.69. The van der Waals surface area contributed by atoms with Crippen LogP contribution < -0.4 is 15.4 Å². The van der Waals surface area contributed by atoms with Gasteiger partial charge in [0.2, 0.25) is 5.91 Å². The number of amides is 1. The van der Waals surface area contributed by atoms with Gasteiger partial charge in [0.25, 0.3) is 0 Å². The SMILES string of the molecule is CN(C)CCOc1cccc(CNC(=O)C2CC3CCCCC3N2)c1.Cl.Cl. The first kappa shape index (κ1) is 24.0. The number of hydrogen-bond acceptors (Lipinski definition) is 4. The molecule has 0 spiro atoms. The van der Waals surface area contributed by atoms with Crippen LogP contribution in [0.1, 0.15) is 37.7 Å². The third-order valence-electron chi connectivity index (χ3n) is 5.35. The van der Waals surface area contributed by atoms with Crippen LogP contribution in [0, 0.1) is 5.92 Å². The molecule has 2 aliphatic rings. The zero-order valence-corrected chi connectivity index (χ0v) is 17.9. The van der Waals surface area contributed by atoms with Gasteiger partial charge in [-0.3, -0.25) is 4.79 Å². The van der Waals surface area contributed by atoms with Gasteiger partial charge in [-0.15, -0.1) is 24.8 Å². The molecule has 1 saturated heterocycles. The van der Waals surface area contributed by atoms with Gasteiger partial charge in [0.1, 0.15) is 12.4 Å². The second kappa shape index (κ2) is 11.7. The Labute approximate surface area is 175 Å². The first-order valence-electron chi connectivity index (χ1n) is 9.52. The average Bonchev–Trinajstić information content (AvgIpc) is 3.04. The van der Waals surface area contributed by atoms with Crippen LogP contribution in [0.3, 0.4) is 0 Å². The van der Waals surface area contributed by atoms with Crippen LogP contribution in [0.25, 0.3) is 0 Å². The summed E-state index contributed by atoms with van der Waals surface area (Å²) in [6.45, 7) is 2.10. The van der Waals surface area contributed by atoms with Crippen molar-refractivity contribution >= 4 is 30.7 Å². The first-order chi connectivity index (χ1) is 12.1. The molecule has 3 rings (SSSR count). The molecule has 3 atom stereocenters. The monoisotopic (exact) mass is 417 g/mol. The zero-order chi connectivity index (χ0) is 17.6. The highest BCUT2D eigenvalue weighted by Crippen LogP contribution is 2.33. The predicted octanol–water partition coefficient (Wildman–Crippen LogP) is 3.01. The third kappa shape index (κ3) is 7.15. The number of rotatable bonds is 7. The molecule has 154 valence electrons. The molecule has 1 aliphatic carbocycles. The summed E-state index contributed by atoms with van der Waals surface area (Å²) in [5.41, 5.74) is 1.08. The normalized spacial score (nSPS) is 23.7. The molecule has 7 heteroatoms. The maximum Gasteiger partial charge on any atom is 0.237 e. The standard InChI is InChI=1S/C20H31N3O2.2ClH/c1-23(2)10-11-25-17-8-5-6-15(12-17)14-21-20(24)19-13-16-7-3-4-9-18(16)22-19;;/h5-6,8,12,16,18-19,22H,3-4,7,9-11,13-14H2,1-2H3,(H,21,24);2*1H. The minimum Gasteiger partial charge on any atom is -0.492 e. The lowest BCUT2D eigenvalue weighted by Crippen LogP contribution is -2.42. The molecule has 0 bridgehead atoms. The smallest absolute Gasteiger partial charge is 0.237 e. The highest BCUT2D eigenvalue weighted by molar-refractivity contribution is 5.85. The Morgan fingerprint density at radius 1 is 1.26 bits per heavy atom. The fourth-order valence-electron chi connectivity index (χ4n) is 3.92. The van der Waals surface area contributed by atoms with E-state index in [9.17, 15) is 4.79 Å². The Morgan fingerprint density at radius 3 is 2.78 bits per heavy atom. The summed E-state index contributed by atoms with van der Waals surface area (Å²) < 4.78 is 5.76. The highest BCUT2D eigenvalue weighted by atomic mass is 35.5. The van der Waals surface area contributed by atoms with Crippen LogP contribution in [-0.4, -0.2) is 50.1 Å². The van der Waals surface area contributed by atoms with E-state index in [4.69, 9.17) is 4.74 Å². The summed E-state index contributed by atoms with van der Waals surface area (Å²) >= 11 is 0. The number of nitrogens with one attached hydrogen (secondary N) is 2. The summed E-state index contributed by atoms with van der Waals surface area (Å²) in [6.07, 6.45) is 6.10. The van der Waals surface area contributed by atoms with Crippen LogP contribution in [-0.2, 0) is 11.3 Å². The average molecular weight is 418 g/mol. The van der Waals surface area contributed by atoms with Crippen molar-refractivity contribution in [1.29, 1.82) is 0 Å². The number of fused-ring (bicyclic) bond motifs is 1. The largest absolute Gasteiger partial charge is 0.492 e. The third-order valence-corrected chi connectivity index (χ3v) is 5.35. The Balaban J connectivity index is 0.00000182. The number of carbonyl (C=O) groups excluding carboxylic acids is 1. The minimum absolute atomic E-state index is 0. The maximum atomic E-state index is 12.5. The summed E-state index contributed by atoms with van der Waals surface area (Å²) in [6, 6.07) is 8.52. The number of carbonyl (C=O) groups is 1. The van der Waals surface area contributed by atoms with Gasteiger partial charge in [0, 0.05) is 19.1 Å². The van der Waals surface area contributed by atoms with Crippen LogP contribution >= 0.6 is 24.8 Å². The van der Waals surface area contributed by atoms with E-state index in [1.54, 1.807) is 0 Å². The highest BCUT2D eigenvalue weighted by Gasteiger charge is 2.37. The van der Waals surface area contributed by atoms with E-state index in [1.807, 2.05) is 38.4 Å². The van der Waals surface area contributed by atoms with Crippen molar-refractivity contribution in [1.82, 2.24) is 15.5 Å². The summed E-state index contributed by atoms with van der Waals surface area (Å²) in [7, 11) is 4.06. The van der Waals surface area contributed by atoms with E-state index in [1.165, 1.54) is 25.7 Å². The van der Waals surface area contributed by atoms with Gasteiger partial charge >= 0.3 is 0 Å². The van der Waals surface area contributed by atoms with E-state index >= 15 is 0 Å². The van der Waals surface area contributed by atoms with Crippen LogP contribution in [0.15, 0.2) is 24.3 Å². The lowest BCUT2D eigenvalue weighted by atomic mass is 9.85. The Bertz CT molecular complexity index is 572. The fourth-order valence-corrected chi connectivity index (χ4v) is 3.92. The van der Waals surface area contributed by atoms with Gasteiger partial charge in [0.05, 0.1) is 6.04 Å². The number of halogens is 2. The van der Waals surface area contributed by atoms with Gasteiger partial charge in [-0.05, 0) is 57.0 Å². The molecule has 1 heterocycles. The van der Waals surface area contributed by atoms with E-state index in [2.05, 4.69) is 15.5 Å². The predicted molar refractivity (Wildman–Crippen MR) is 114 cm³/mol. The molecule has 1 saturated carbocycles. The molecule has 1 amide bonds. The fraction of sp³-hybridized carbons (Fsp3) is 0.650. The number of nitrogens with zero attached hydrogens (tertiary/aromatic N) is 1. The molecule has 2 fully saturated rings. The van der Waals surface area contributed by atoms with Crippen LogP contribution in [0.2, 0.25) is 0 Å². The number of ether oxygens (including phenoxy) is 1. The van der Waals surface area contributed by atoms with Gasteiger partial charge in [-0.25, -0.2) is 0 Å². The molecule has 5 nitrogen and oxygen atoms in total. The molecule has 27 heavy (non-hydrogen) atoms. The Kier molecular flexibility index (Phi) is 10.5. The van der Waals surface area contributed by atoms with Gasteiger partial charge in [-0.1, -0.05) is 25.0 Å².